The van der Waals surface area contributed by atoms with Crippen molar-refractivity contribution in [3.63, 3.8) is 0 Å². The highest BCUT2D eigenvalue weighted by Crippen LogP contribution is 2.34. The molecule has 4 heteroatoms. The molecule has 0 fully saturated rings. The summed E-state index contributed by atoms with van der Waals surface area (Å²) in [6.07, 6.45) is 0. The van der Waals surface area contributed by atoms with Gasteiger partial charge in [0.25, 0.3) is 0 Å². The Hall–Kier alpha value is -1.81. The van der Waals surface area contributed by atoms with Gasteiger partial charge in [-0.25, -0.2) is 0 Å². The van der Waals surface area contributed by atoms with Gasteiger partial charge in [0.2, 0.25) is 0 Å². The van der Waals surface area contributed by atoms with E-state index in [4.69, 9.17) is 4.74 Å². The Labute approximate surface area is 110 Å². The van der Waals surface area contributed by atoms with Crippen molar-refractivity contribution in [3.8, 4) is 16.2 Å². The van der Waals surface area contributed by atoms with Gasteiger partial charge in [0.1, 0.15) is 5.75 Å². The highest BCUT2D eigenvalue weighted by atomic mass is 32.1. The van der Waals surface area contributed by atoms with Gasteiger partial charge in [-0.15, -0.1) is 11.3 Å². The zero-order chi connectivity index (χ0) is 13.1. The van der Waals surface area contributed by atoms with E-state index in [1.54, 1.807) is 14.0 Å². The van der Waals surface area contributed by atoms with Gasteiger partial charge in [-0.1, -0.05) is 6.92 Å². The number of hydrogen-bond donors (Lipinski definition) is 0. The van der Waals surface area contributed by atoms with Crippen molar-refractivity contribution in [2.75, 3.05) is 7.11 Å². The third-order valence-electron chi connectivity index (χ3n) is 2.87. The number of rotatable bonds is 4. The minimum absolute atomic E-state index is 0.603. The molecule has 2 aromatic rings. The lowest BCUT2D eigenvalue weighted by molar-refractivity contribution is -0.307. The number of carboxylic acids is 1. The summed E-state index contributed by atoms with van der Waals surface area (Å²) in [7, 11) is 1.61. The third-order valence-corrected chi connectivity index (χ3v) is 3.85. The molecule has 0 bridgehead atoms. The van der Waals surface area contributed by atoms with Crippen LogP contribution in [0.15, 0.2) is 35.7 Å². The summed E-state index contributed by atoms with van der Waals surface area (Å²) < 4.78 is 5.10. The first kappa shape index (κ1) is 12.6. The molecular weight excluding hydrogens is 248 g/mol. The van der Waals surface area contributed by atoms with E-state index < -0.39 is 11.9 Å². The maximum Gasteiger partial charge on any atom is 0.118 e. The molecule has 0 radical (unpaired) electrons. The molecule has 0 unspecified atom stereocenters. The highest BCUT2D eigenvalue weighted by Gasteiger charge is 2.14. The third kappa shape index (κ3) is 2.38. The summed E-state index contributed by atoms with van der Waals surface area (Å²) in [5, 5.41) is 12.9. The van der Waals surface area contributed by atoms with Crippen molar-refractivity contribution in [2.24, 2.45) is 0 Å². The van der Waals surface area contributed by atoms with E-state index in [-0.39, 0.29) is 0 Å². The van der Waals surface area contributed by atoms with E-state index in [0.717, 1.165) is 21.8 Å². The van der Waals surface area contributed by atoms with Crippen molar-refractivity contribution in [1.82, 2.24) is 0 Å². The van der Waals surface area contributed by atoms with Gasteiger partial charge in [0.05, 0.1) is 7.11 Å². The lowest BCUT2D eigenvalue weighted by atomic mass is 9.99. The normalized spacial score (nSPS) is 12.1. The maximum absolute atomic E-state index is 11.0. The van der Waals surface area contributed by atoms with E-state index in [9.17, 15) is 9.90 Å². The second-order valence-corrected chi connectivity index (χ2v) is 4.89. The second kappa shape index (κ2) is 5.23. The largest absolute Gasteiger partial charge is 0.550 e. The molecule has 0 spiro atoms. The zero-order valence-corrected chi connectivity index (χ0v) is 11.0. The number of hydrogen-bond acceptors (Lipinski definition) is 4. The monoisotopic (exact) mass is 261 g/mol. The van der Waals surface area contributed by atoms with Crippen LogP contribution in [0, 0.1) is 0 Å². The first-order valence-electron chi connectivity index (χ1n) is 5.56. The van der Waals surface area contributed by atoms with Gasteiger partial charge in [0.15, 0.2) is 0 Å². The number of carbonyl (C=O) groups excluding carboxylic acids is 1. The van der Waals surface area contributed by atoms with Gasteiger partial charge in [-0.3, -0.25) is 0 Å². The summed E-state index contributed by atoms with van der Waals surface area (Å²) in [4.78, 5) is 11.9. The fourth-order valence-electron chi connectivity index (χ4n) is 1.76. The lowest BCUT2D eigenvalue weighted by Gasteiger charge is -2.13. The molecule has 18 heavy (non-hydrogen) atoms. The maximum atomic E-state index is 11.0. The number of thiophene rings is 1. The summed E-state index contributed by atoms with van der Waals surface area (Å²) >= 11 is 1.53. The molecule has 0 aliphatic carbocycles. The SMILES string of the molecule is COc1ccc(-c2sccc2[C@@H](C)C(=O)[O-])cc1. The molecule has 0 amide bonds. The van der Waals surface area contributed by atoms with Gasteiger partial charge in [0, 0.05) is 16.8 Å². The van der Waals surface area contributed by atoms with Crippen molar-refractivity contribution in [1.29, 1.82) is 0 Å². The van der Waals surface area contributed by atoms with Crippen LogP contribution >= 0.6 is 11.3 Å². The van der Waals surface area contributed by atoms with Gasteiger partial charge in [-0.2, -0.15) is 0 Å². The zero-order valence-electron chi connectivity index (χ0n) is 10.2. The average Bonchev–Trinajstić information content (AvgIpc) is 2.87. The molecular formula is C14H13O3S-. The van der Waals surface area contributed by atoms with Crippen LogP contribution in [0.2, 0.25) is 0 Å². The molecule has 1 aromatic heterocycles. The molecule has 1 aromatic carbocycles. The Kier molecular flexibility index (Phi) is 3.67. The van der Waals surface area contributed by atoms with Crippen LogP contribution in [-0.2, 0) is 4.79 Å². The Morgan fingerprint density at radius 3 is 2.50 bits per heavy atom. The molecule has 1 heterocycles. The van der Waals surface area contributed by atoms with Gasteiger partial charge >= 0.3 is 0 Å². The minimum Gasteiger partial charge on any atom is -0.550 e. The van der Waals surface area contributed by atoms with Crippen molar-refractivity contribution < 1.29 is 14.6 Å². The fraction of sp³-hybridized carbons (Fsp3) is 0.214. The summed E-state index contributed by atoms with van der Waals surface area (Å²) in [6, 6.07) is 9.42. The molecule has 0 aliphatic rings. The van der Waals surface area contributed by atoms with Crippen molar-refractivity contribution in [2.45, 2.75) is 12.8 Å². The number of methoxy groups -OCH3 is 1. The van der Waals surface area contributed by atoms with Crippen molar-refractivity contribution >= 4 is 17.3 Å². The topological polar surface area (TPSA) is 49.4 Å². The van der Waals surface area contributed by atoms with Crippen LogP contribution in [0.5, 0.6) is 5.75 Å². The molecule has 0 saturated heterocycles. The van der Waals surface area contributed by atoms with E-state index in [1.807, 2.05) is 35.7 Å². The number of aliphatic carboxylic acids is 1. The van der Waals surface area contributed by atoms with E-state index in [0.29, 0.717) is 0 Å². The number of carbonyl (C=O) groups is 1. The van der Waals surface area contributed by atoms with E-state index in [2.05, 4.69) is 0 Å². The Balaban J connectivity index is 2.38. The fourth-order valence-corrected chi connectivity index (χ4v) is 2.77. The van der Waals surface area contributed by atoms with Crippen LogP contribution in [0.3, 0.4) is 0 Å². The summed E-state index contributed by atoms with van der Waals surface area (Å²) in [6.45, 7) is 1.64. The molecule has 0 N–H and O–H groups in total. The Morgan fingerprint density at radius 2 is 1.94 bits per heavy atom. The molecule has 94 valence electrons. The molecule has 3 nitrogen and oxygen atoms in total. The predicted molar refractivity (Wildman–Crippen MR) is 69.7 cm³/mol. The second-order valence-electron chi connectivity index (χ2n) is 3.97. The molecule has 2 rings (SSSR count). The number of benzene rings is 1. The first-order valence-corrected chi connectivity index (χ1v) is 6.44. The van der Waals surface area contributed by atoms with Crippen LogP contribution < -0.4 is 9.84 Å². The molecule has 0 aliphatic heterocycles. The minimum atomic E-state index is -1.05. The predicted octanol–water partition coefficient (Wildman–Crippen LogP) is 2.28. The summed E-state index contributed by atoms with van der Waals surface area (Å²) in [5.74, 6) is -0.874. The van der Waals surface area contributed by atoms with E-state index >= 15 is 0 Å². The quantitative estimate of drug-likeness (QED) is 0.848. The molecule has 1 atom stereocenters. The number of carboxylic acid groups (broad SMARTS) is 1. The van der Waals surface area contributed by atoms with Gasteiger partial charge < -0.3 is 14.6 Å². The average molecular weight is 261 g/mol. The van der Waals surface area contributed by atoms with Crippen LogP contribution in [-0.4, -0.2) is 13.1 Å². The van der Waals surface area contributed by atoms with Crippen LogP contribution in [0.25, 0.3) is 10.4 Å². The van der Waals surface area contributed by atoms with Crippen LogP contribution in [0.1, 0.15) is 18.4 Å². The lowest BCUT2D eigenvalue weighted by Crippen LogP contribution is -2.27. The van der Waals surface area contributed by atoms with Crippen molar-refractivity contribution in [3.05, 3.63) is 41.3 Å². The smallest absolute Gasteiger partial charge is 0.118 e. The molecule has 0 saturated carbocycles. The van der Waals surface area contributed by atoms with Gasteiger partial charge in [-0.05, 0) is 46.8 Å². The highest BCUT2D eigenvalue weighted by molar-refractivity contribution is 7.13. The standard InChI is InChI=1S/C14H14O3S/c1-9(14(15)16)12-7-8-18-13(12)10-3-5-11(17-2)6-4-10/h3-9H,1-2H3,(H,15,16)/p-1/t9-/m1/s1. The number of ether oxygens (including phenoxy) is 1. The van der Waals surface area contributed by atoms with E-state index in [1.165, 1.54) is 11.3 Å². The van der Waals surface area contributed by atoms with Crippen LogP contribution in [0.4, 0.5) is 0 Å². The Morgan fingerprint density at radius 1 is 1.28 bits per heavy atom. The Bertz CT molecular complexity index is 542. The summed E-state index contributed by atoms with van der Waals surface area (Å²) in [5.41, 5.74) is 1.79. The first-order chi connectivity index (χ1) is 8.63.